The molecule has 1 fully saturated rings. The Hall–Kier alpha value is -2.68. The maximum atomic E-state index is 13.3. The highest BCUT2D eigenvalue weighted by Crippen LogP contribution is 2.40. The van der Waals surface area contributed by atoms with Gasteiger partial charge in [-0.2, -0.15) is 18.3 Å². The Balaban J connectivity index is 2.08. The molecule has 0 amide bonds. The van der Waals surface area contributed by atoms with Gasteiger partial charge in [0.05, 0.1) is 28.7 Å². The van der Waals surface area contributed by atoms with Gasteiger partial charge in [-0.05, 0) is 30.9 Å². The summed E-state index contributed by atoms with van der Waals surface area (Å²) in [5, 5.41) is 6.34. The second kappa shape index (κ2) is 5.41. The van der Waals surface area contributed by atoms with Gasteiger partial charge in [-0.25, -0.2) is 9.55 Å². The number of H-pyrrole nitrogens is 1. The standard InChI is InChI=1S/C16H14F3N5O/c17-16(18,19)10-3-1-2-9-13(10)22-14(12(20)8-4-5-8)24(15(9)25)11-6-7-21-23-11/h1-3,6-8,12H,4-5,20H2,(H,21,23). The molecule has 130 valence electrons. The summed E-state index contributed by atoms with van der Waals surface area (Å²) >= 11 is 0. The van der Waals surface area contributed by atoms with Crippen LogP contribution in [-0.2, 0) is 6.18 Å². The van der Waals surface area contributed by atoms with E-state index in [9.17, 15) is 18.0 Å². The fourth-order valence-corrected chi connectivity index (χ4v) is 2.95. The molecule has 0 radical (unpaired) electrons. The molecule has 9 heteroatoms. The summed E-state index contributed by atoms with van der Waals surface area (Å²) in [6.07, 6.45) is -1.44. The van der Waals surface area contributed by atoms with Gasteiger partial charge < -0.3 is 5.73 Å². The lowest BCUT2D eigenvalue weighted by Crippen LogP contribution is -2.30. The molecule has 1 aliphatic carbocycles. The van der Waals surface area contributed by atoms with E-state index < -0.39 is 23.3 Å². The van der Waals surface area contributed by atoms with Crippen molar-refractivity contribution in [3.8, 4) is 5.82 Å². The van der Waals surface area contributed by atoms with Crippen molar-refractivity contribution < 1.29 is 13.2 Å². The number of fused-ring (bicyclic) bond motifs is 1. The van der Waals surface area contributed by atoms with Crippen LogP contribution in [0, 0.1) is 5.92 Å². The average molecular weight is 349 g/mol. The number of aromatic amines is 1. The number of nitrogens with two attached hydrogens (primary N) is 1. The van der Waals surface area contributed by atoms with Crippen LogP contribution in [0.3, 0.4) is 0 Å². The van der Waals surface area contributed by atoms with Crippen LogP contribution < -0.4 is 11.3 Å². The summed E-state index contributed by atoms with van der Waals surface area (Å²) in [7, 11) is 0. The summed E-state index contributed by atoms with van der Waals surface area (Å²) < 4.78 is 41.2. The molecule has 0 saturated heterocycles. The highest BCUT2D eigenvalue weighted by atomic mass is 19.4. The Bertz CT molecular complexity index is 989. The molecule has 0 aliphatic heterocycles. The number of hydrogen-bond donors (Lipinski definition) is 2. The number of benzene rings is 1. The summed E-state index contributed by atoms with van der Waals surface area (Å²) in [6, 6.07) is 4.38. The zero-order valence-corrected chi connectivity index (χ0v) is 12.9. The Morgan fingerprint density at radius 3 is 2.64 bits per heavy atom. The number of alkyl halides is 3. The van der Waals surface area contributed by atoms with Gasteiger partial charge in [0, 0.05) is 6.07 Å². The highest BCUT2D eigenvalue weighted by molar-refractivity contribution is 5.82. The van der Waals surface area contributed by atoms with Crippen molar-refractivity contribution in [1.82, 2.24) is 19.7 Å². The SMILES string of the molecule is NC(c1nc2c(C(F)(F)F)cccc2c(=O)n1-c1ccn[nH]1)C1CC1. The Morgan fingerprint density at radius 2 is 2.04 bits per heavy atom. The summed E-state index contributed by atoms with van der Waals surface area (Å²) in [5.41, 5.74) is 4.27. The van der Waals surface area contributed by atoms with E-state index >= 15 is 0 Å². The normalized spacial score (nSPS) is 16.3. The first kappa shape index (κ1) is 15.8. The molecule has 1 saturated carbocycles. The first-order chi connectivity index (χ1) is 11.9. The van der Waals surface area contributed by atoms with Gasteiger partial charge in [0.15, 0.2) is 0 Å². The maximum Gasteiger partial charge on any atom is 0.418 e. The van der Waals surface area contributed by atoms with E-state index in [1.807, 2.05) is 0 Å². The third-order valence-corrected chi connectivity index (χ3v) is 4.39. The van der Waals surface area contributed by atoms with E-state index in [0.717, 1.165) is 18.9 Å². The Kier molecular flexibility index (Phi) is 3.43. The van der Waals surface area contributed by atoms with Gasteiger partial charge in [0.1, 0.15) is 11.6 Å². The number of rotatable bonds is 3. The predicted octanol–water partition coefficient (Wildman–Crippen LogP) is 2.54. The predicted molar refractivity (Wildman–Crippen MR) is 84.1 cm³/mol. The molecule has 1 atom stereocenters. The number of hydrogen-bond acceptors (Lipinski definition) is 4. The zero-order chi connectivity index (χ0) is 17.8. The summed E-state index contributed by atoms with van der Waals surface area (Å²) in [5.74, 6) is 0.542. The molecule has 4 rings (SSSR count). The molecule has 25 heavy (non-hydrogen) atoms. The van der Waals surface area contributed by atoms with Crippen LogP contribution in [0.25, 0.3) is 16.7 Å². The van der Waals surface area contributed by atoms with E-state index in [1.165, 1.54) is 22.9 Å². The molecule has 3 N–H and O–H groups in total. The Morgan fingerprint density at radius 1 is 1.28 bits per heavy atom. The van der Waals surface area contributed by atoms with Crippen molar-refractivity contribution in [2.24, 2.45) is 11.7 Å². The van der Waals surface area contributed by atoms with Crippen molar-refractivity contribution in [1.29, 1.82) is 0 Å². The maximum absolute atomic E-state index is 13.3. The lowest BCUT2D eigenvalue weighted by Gasteiger charge is -2.18. The van der Waals surface area contributed by atoms with Crippen molar-refractivity contribution in [2.75, 3.05) is 0 Å². The van der Waals surface area contributed by atoms with Crippen LogP contribution in [0.15, 0.2) is 35.3 Å². The zero-order valence-electron chi connectivity index (χ0n) is 12.9. The first-order valence-corrected chi connectivity index (χ1v) is 7.76. The number of aromatic nitrogens is 4. The van der Waals surface area contributed by atoms with Crippen molar-refractivity contribution >= 4 is 10.9 Å². The topological polar surface area (TPSA) is 89.6 Å². The molecule has 1 unspecified atom stereocenters. The van der Waals surface area contributed by atoms with Gasteiger partial charge in [0.25, 0.3) is 5.56 Å². The fourth-order valence-electron chi connectivity index (χ4n) is 2.95. The lowest BCUT2D eigenvalue weighted by atomic mass is 10.1. The van der Waals surface area contributed by atoms with E-state index in [0.29, 0.717) is 5.82 Å². The van der Waals surface area contributed by atoms with Crippen LogP contribution in [0.1, 0.15) is 30.3 Å². The molecule has 6 nitrogen and oxygen atoms in total. The second-order valence-corrected chi connectivity index (χ2v) is 6.12. The quantitative estimate of drug-likeness (QED) is 0.760. The van der Waals surface area contributed by atoms with Gasteiger partial charge in [-0.15, -0.1) is 0 Å². The number of nitrogens with zero attached hydrogens (tertiary/aromatic N) is 3. The van der Waals surface area contributed by atoms with E-state index in [2.05, 4.69) is 15.2 Å². The van der Waals surface area contributed by atoms with Gasteiger partial charge >= 0.3 is 6.18 Å². The molecular formula is C16H14F3N5O. The first-order valence-electron chi connectivity index (χ1n) is 7.76. The second-order valence-electron chi connectivity index (χ2n) is 6.12. The minimum atomic E-state index is -4.61. The molecular weight excluding hydrogens is 335 g/mol. The number of halogens is 3. The van der Waals surface area contributed by atoms with Crippen LogP contribution in [0.5, 0.6) is 0 Å². The average Bonchev–Trinajstić information content (AvgIpc) is 3.28. The van der Waals surface area contributed by atoms with Crippen LogP contribution >= 0.6 is 0 Å². The van der Waals surface area contributed by atoms with Crippen LogP contribution in [0.4, 0.5) is 13.2 Å². The summed E-state index contributed by atoms with van der Waals surface area (Å²) in [6.45, 7) is 0. The molecule has 0 bridgehead atoms. The molecule has 1 aromatic carbocycles. The molecule has 3 aromatic rings. The van der Waals surface area contributed by atoms with Crippen molar-refractivity contribution in [2.45, 2.75) is 25.1 Å². The van der Waals surface area contributed by atoms with E-state index in [1.54, 1.807) is 6.07 Å². The highest BCUT2D eigenvalue weighted by Gasteiger charge is 2.36. The lowest BCUT2D eigenvalue weighted by molar-refractivity contribution is -0.136. The van der Waals surface area contributed by atoms with Gasteiger partial charge in [0.2, 0.25) is 0 Å². The van der Waals surface area contributed by atoms with Crippen LogP contribution in [-0.4, -0.2) is 19.7 Å². The van der Waals surface area contributed by atoms with Gasteiger partial charge in [-0.1, -0.05) is 6.07 Å². The Labute approximate surface area is 139 Å². The molecule has 2 aromatic heterocycles. The summed E-state index contributed by atoms with van der Waals surface area (Å²) in [4.78, 5) is 17.1. The van der Waals surface area contributed by atoms with E-state index in [4.69, 9.17) is 5.73 Å². The fraction of sp³-hybridized carbons (Fsp3) is 0.312. The minimum absolute atomic E-state index is 0.108. The van der Waals surface area contributed by atoms with Gasteiger partial charge in [-0.3, -0.25) is 9.89 Å². The molecule has 2 heterocycles. The molecule has 1 aliphatic rings. The third-order valence-electron chi connectivity index (χ3n) is 4.39. The third kappa shape index (κ3) is 2.60. The van der Waals surface area contributed by atoms with Crippen molar-refractivity contribution in [3.63, 3.8) is 0 Å². The van der Waals surface area contributed by atoms with E-state index in [-0.39, 0.29) is 22.6 Å². The largest absolute Gasteiger partial charge is 0.418 e. The monoisotopic (exact) mass is 349 g/mol. The molecule has 0 spiro atoms. The van der Waals surface area contributed by atoms with Crippen LogP contribution in [0.2, 0.25) is 0 Å². The minimum Gasteiger partial charge on any atom is -0.321 e. The number of nitrogens with one attached hydrogen (secondary N) is 1. The number of para-hydroxylation sites is 1. The van der Waals surface area contributed by atoms with Crippen molar-refractivity contribution in [3.05, 3.63) is 52.2 Å². The smallest absolute Gasteiger partial charge is 0.321 e.